The molecule has 150 valence electrons. The first-order valence-corrected chi connectivity index (χ1v) is 10.5. The fourth-order valence-electron chi connectivity index (χ4n) is 4.33. The van der Waals surface area contributed by atoms with Gasteiger partial charge in [0.15, 0.2) is 0 Å². The smallest absolute Gasteiger partial charge is 0.255 e. The van der Waals surface area contributed by atoms with Crippen LogP contribution in [-0.2, 0) is 0 Å². The van der Waals surface area contributed by atoms with E-state index in [0.717, 1.165) is 49.3 Å². The van der Waals surface area contributed by atoms with E-state index >= 15 is 0 Å². The van der Waals surface area contributed by atoms with Gasteiger partial charge in [0.05, 0.1) is 11.7 Å². The summed E-state index contributed by atoms with van der Waals surface area (Å²) in [5, 5.41) is 10.4. The van der Waals surface area contributed by atoms with Gasteiger partial charge in [-0.3, -0.25) is 4.79 Å². The van der Waals surface area contributed by atoms with E-state index in [2.05, 4.69) is 9.88 Å². The number of aromatic amines is 1. The third-order valence-corrected chi connectivity index (χ3v) is 6.20. The number of aliphatic hydroxyl groups is 1. The molecule has 1 aromatic heterocycles. The number of aliphatic hydroxyl groups excluding tert-OH is 1. The molecule has 2 N–H and O–H groups in total. The minimum atomic E-state index is -0.434. The van der Waals surface area contributed by atoms with Gasteiger partial charge in [0, 0.05) is 32.0 Å². The van der Waals surface area contributed by atoms with Gasteiger partial charge in [-0.05, 0) is 62.2 Å². The lowest BCUT2D eigenvalue weighted by Crippen LogP contribution is -2.40. The fourth-order valence-corrected chi connectivity index (χ4v) is 4.33. The van der Waals surface area contributed by atoms with E-state index in [1.165, 1.54) is 12.8 Å². The minimum absolute atomic E-state index is 0.144. The van der Waals surface area contributed by atoms with Gasteiger partial charge in [-0.15, -0.1) is 0 Å². The van der Waals surface area contributed by atoms with Crippen LogP contribution in [-0.4, -0.2) is 59.0 Å². The molecule has 0 radical (unpaired) electrons. The van der Waals surface area contributed by atoms with Gasteiger partial charge in [-0.25, -0.2) is 0 Å². The van der Waals surface area contributed by atoms with E-state index in [1.54, 1.807) is 0 Å². The number of nitrogens with one attached hydrogen (secondary N) is 1. The lowest BCUT2D eigenvalue weighted by atomic mass is 9.95. The summed E-state index contributed by atoms with van der Waals surface area (Å²) >= 11 is 0. The standard InChI is InChI=1S/C23H31N3O2/c1-25(23(28)20-9-12-24-22(20)19-7-8-19)15-17-10-13-26(14-11-17)16-21(27)18-5-3-2-4-6-18/h2-6,9,12,17,19,21,24,27H,7-8,10-11,13-16H2,1H3. The van der Waals surface area contributed by atoms with Gasteiger partial charge < -0.3 is 19.9 Å². The zero-order chi connectivity index (χ0) is 19.5. The van der Waals surface area contributed by atoms with Gasteiger partial charge >= 0.3 is 0 Å². The van der Waals surface area contributed by atoms with Gasteiger partial charge in [0.1, 0.15) is 0 Å². The number of rotatable bonds is 7. The number of piperidine rings is 1. The molecule has 1 saturated heterocycles. The summed E-state index contributed by atoms with van der Waals surface area (Å²) in [7, 11) is 1.93. The minimum Gasteiger partial charge on any atom is -0.387 e. The van der Waals surface area contributed by atoms with E-state index in [0.29, 0.717) is 18.4 Å². The Kier molecular flexibility index (Phi) is 5.83. The molecular weight excluding hydrogens is 350 g/mol. The zero-order valence-electron chi connectivity index (χ0n) is 16.7. The Morgan fingerprint density at radius 2 is 1.89 bits per heavy atom. The van der Waals surface area contributed by atoms with Crippen LogP contribution in [0.25, 0.3) is 0 Å². The second-order valence-corrected chi connectivity index (χ2v) is 8.44. The van der Waals surface area contributed by atoms with E-state index in [-0.39, 0.29) is 5.91 Å². The number of H-pyrrole nitrogens is 1. The van der Waals surface area contributed by atoms with Crippen LogP contribution in [0.4, 0.5) is 0 Å². The second kappa shape index (κ2) is 8.50. The Bertz CT molecular complexity index is 776. The number of carbonyl (C=O) groups excluding carboxylic acids is 1. The molecule has 0 spiro atoms. The highest BCUT2D eigenvalue weighted by molar-refractivity contribution is 5.95. The number of likely N-dealkylation sites (tertiary alicyclic amines) is 1. The molecule has 1 amide bonds. The van der Waals surface area contributed by atoms with Gasteiger partial charge in [0.2, 0.25) is 0 Å². The first-order valence-electron chi connectivity index (χ1n) is 10.5. The molecule has 1 aromatic carbocycles. The van der Waals surface area contributed by atoms with Crippen molar-refractivity contribution in [3.05, 3.63) is 59.4 Å². The number of hydrogen-bond donors (Lipinski definition) is 2. The quantitative estimate of drug-likeness (QED) is 0.773. The van der Waals surface area contributed by atoms with Crippen LogP contribution in [0, 0.1) is 5.92 Å². The SMILES string of the molecule is CN(CC1CCN(CC(O)c2ccccc2)CC1)C(=O)c1cc[nH]c1C1CC1. The molecule has 2 heterocycles. The third-order valence-electron chi connectivity index (χ3n) is 6.20. The normalized spacial score (nSPS) is 19.5. The van der Waals surface area contributed by atoms with Gasteiger partial charge in [-0.2, -0.15) is 0 Å². The van der Waals surface area contributed by atoms with Crippen molar-refractivity contribution in [2.75, 3.05) is 33.2 Å². The van der Waals surface area contributed by atoms with Gasteiger partial charge in [0.25, 0.3) is 5.91 Å². The van der Waals surface area contributed by atoms with E-state index in [4.69, 9.17) is 0 Å². The summed E-state index contributed by atoms with van der Waals surface area (Å²) in [6, 6.07) is 11.8. The van der Waals surface area contributed by atoms with Crippen molar-refractivity contribution in [2.24, 2.45) is 5.92 Å². The largest absolute Gasteiger partial charge is 0.387 e. The Balaban J connectivity index is 1.25. The summed E-state index contributed by atoms with van der Waals surface area (Å²) in [5.74, 6) is 1.23. The molecule has 1 atom stereocenters. The number of nitrogens with zero attached hydrogens (tertiary/aromatic N) is 2. The summed E-state index contributed by atoms with van der Waals surface area (Å²) in [5.41, 5.74) is 2.96. The molecule has 1 unspecified atom stereocenters. The molecule has 28 heavy (non-hydrogen) atoms. The van der Waals surface area contributed by atoms with E-state index in [9.17, 15) is 9.90 Å². The number of β-amino-alcohol motifs (C(OH)–C–C–N with tert-alkyl or cyclic N) is 1. The number of hydrogen-bond acceptors (Lipinski definition) is 3. The second-order valence-electron chi connectivity index (χ2n) is 8.44. The van der Waals surface area contributed by atoms with E-state index < -0.39 is 6.10 Å². The van der Waals surface area contributed by atoms with Crippen LogP contribution >= 0.6 is 0 Å². The van der Waals surface area contributed by atoms with Crippen LogP contribution in [0.5, 0.6) is 0 Å². The molecule has 1 aliphatic carbocycles. The predicted octanol–water partition coefficient (Wildman–Crippen LogP) is 3.41. The molecule has 0 bridgehead atoms. The highest BCUT2D eigenvalue weighted by Gasteiger charge is 2.31. The van der Waals surface area contributed by atoms with Crippen molar-refractivity contribution < 1.29 is 9.90 Å². The molecule has 5 heteroatoms. The Morgan fingerprint density at radius 1 is 1.18 bits per heavy atom. The molecule has 1 saturated carbocycles. The number of aromatic nitrogens is 1. The van der Waals surface area contributed by atoms with Crippen LogP contribution in [0.1, 0.15) is 59.3 Å². The van der Waals surface area contributed by atoms with Crippen molar-refractivity contribution in [3.63, 3.8) is 0 Å². The fraction of sp³-hybridized carbons (Fsp3) is 0.522. The van der Waals surface area contributed by atoms with E-state index in [1.807, 2.05) is 54.5 Å². The Labute approximate surface area is 167 Å². The predicted molar refractivity (Wildman–Crippen MR) is 110 cm³/mol. The third kappa shape index (κ3) is 4.47. The van der Waals surface area contributed by atoms with Crippen LogP contribution in [0.15, 0.2) is 42.6 Å². The lowest BCUT2D eigenvalue weighted by Gasteiger charge is -2.35. The average molecular weight is 382 g/mol. The summed E-state index contributed by atoms with van der Waals surface area (Å²) < 4.78 is 0. The maximum Gasteiger partial charge on any atom is 0.255 e. The lowest BCUT2D eigenvalue weighted by molar-refractivity contribution is 0.0681. The van der Waals surface area contributed by atoms with Crippen molar-refractivity contribution in [1.82, 2.24) is 14.8 Å². The topological polar surface area (TPSA) is 59.6 Å². The van der Waals surface area contributed by atoms with Crippen molar-refractivity contribution in [1.29, 1.82) is 0 Å². The molecular formula is C23H31N3O2. The zero-order valence-corrected chi connectivity index (χ0v) is 16.7. The summed E-state index contributed by atoms with van der Waals surface area (Å²) in [6.07, 6.45) is 5.99. The summed E-state index contributed by atoms with van der Waals surface area (Å²) in [6.45, 7) is 3.45. The molecule has 2 aromatic rings. The first-order chi connectivity index (χ1) is 13.6. The summed E-state index contributed by atoms with van der Waals surface area (Å²) in [4.78, 5) is 20.4. The van der Waals surface area contributed by atoms with Crippen molar-refractivity contribution >= 4 is 5.91 Å². The van der Waals surface area contributed by atoms with Crippen molar-refractivity contribution in [3.8, 4) is 0 Å². The monoisotopic (exact) mass is 381 g/mol. The Morgan fingerprint density at radius 3 is 2.57 bits per heavy atom. The highest BCUT2D eigenvalue weighted by atomic mass is 16.3. The number of carbonyl (C=O) groups is 1. The average Bonchev–Trinajstić information content (AvgIpc) is 3.46. The maximum absolute atomic E-state index is 12.9. The van der Waals surface area contributed by atoms with Gasteiger partial charge in [-0.1, -0.05) is 30.3 Å². The number of amides is 1. The molecule has 5 nitrogen and oxygen atoms in total. The molecule has 4 rings (SSSR count). The number of benzene rings is 1. The molecule has 2 fully saturated rings. The van der Waals surface area contributed by atoms with Crippen molar-refractivity contribution in [2.45, 2.75) is 37.7 Å². The molecule has 1 aliphatic heterocycles. The Hall–Kier alpha value is -2.11. The molecule has 2 aliphatic rings. The first kappa shape index (κ1) is 19.2. The van der Waals surface area contributed by atoms with Crippen LogP contribution < -0.4 is 0 Å². The highest BCUT2D eigenvalue weighted by Crippen LogP contribution is 2.41. The maximum atomic E-state index is 12.9. The van der Waals surface area contributed by atoms with Crippen LogP contribution in [0.3, 0.4) is 0 Å². The van der Waals surface area contributed by atoms with Crippen LogP contribution in [0.2, 0.25) is 0 Å².